The van der Waals surface area contributed by atoms with Gasteiger partial charge in [0.15, 0.2) is 23.1 Å². The topological polar surface area (TPSA) is 141 Å². The van der Waals surface area contributed by atoms with E-state index in [0.717, 1.165) is 12.3 Å². The first-order valence-electron chi connectivity index (χ1n) is 6.36. The van der Waals surface area contributed by atoms with Crippen LogP contribution in [0.5, 0.6) is 17.2 Å². The van der Waals surface area contributed by atoms with Crippen molar-refractivity contribution in [3.63, 3.8) is 0 Å². The Morgan fingerprint density at radius 3 is 2.42 bits per heavy atom. The van der Waals surface area contributed by atoms with E-state index in [1.54, 1.807) is 0 Å². The Morgan fingerprint density at radius 2 is 1.88 bits per heavy atom. The first kappa shape index (κ1) is 17.3. The summed E-state index contributed by atoms with van der Waals surface area (Å²) >= 11 is 0. The number of nitrogens with zero attached hydrogens (tertiary/aromatic N) is 2. The first-order valence-corrected chi connectivity index (χ1v) is 7.85. The number of nitrogens with one attached hydrogen (secondary N) is 1. The van der Waals surface area contributed by atoms with Crippen LogP contribution in [0.15, 0.2) is 35.4 Å². The molecule has 0 saturated carbocycles. The number of hydrogen-bond acceptors (Lipinski definition) is 8. The molecule has 0 amide bonds. The molecule has 0 atom stereocenters. The van der Waals surface area contributed by atoms with Crippen LogP contribution in [0, 0.1) is 10.1 Å². The minimum absolute atomic E-state index is 0.167. The fourth-order valence-corrected chi connectivity index (χ4v) is 2.83. The monoisotopic (exact) mass is 355 g/mol. The normalized spacial score (nSPS) is 10.9. The van der Waals surface area contributed by atoms with Gasteiger partial charge in [-0.25, -0.2) is 13.4 Å². The maximum absolute atomic E-state index is 12.3. The minimum Gasteiger partial charge on any atom is -0.504 e. The van der Waals surface area contributed by atoms with Crippen molar-refractivity contribution in [2.75, 3.05) is 18.9 Å². The van der Waals surface area contributed by atoms with Crippen LogP contribution in [0.1, 0.15) is 0 Å². The van der Waals surface area contributed by atoms with Crippen LogP contribution < -0.4 is 14.2 Å². The molecule has 1 heterocycles. The standard InChI is InChI=1S/C13H13N3O7S/c1-22-11-4-3-9(6-12(11)23-2)24(20,21)15-13-10(17)5-8(7-14-13)16(18)19/h3-7,17H,1-2H3,(H,14,15). The Hall–Kier alpha value is -3.08. The van der Waals surface area contributed by atoms with Gasteiger partial charge in [-0.05, 0) is 12.1 Å². The molecule has 0 unspecified atom stereocenters. The number of rotatable bonds is 6. The van der Waals surface area contributed by atoms with E-state index >= 15 is 0 Å². The number of hydrogen-bond donors (Lipinski definition) is 2. The van der Waals surface area contributed by atoms with Gasteiger partial charge in [-0.1, -0.05) is 0 Å². The summed E-state index contributed by atoms with van der Waals surface area (Å²) in [6.07, 6.45) is 0.826. The second-order valence-corrected chi connectivity index (χ2v) is 6.12. The number of benzene rings is 1. The summed E-state index contributed by atoms with van der Waals surface area (Å²) in [4.78, 5) is 13.2. The third kappa shape index (κ3) is 3.46. The van der Waals surface area contributed by atoms with Crippen LogP contribution in [-0.4, -0.2) is 37.7 Å². The molecule has 10 nitrogen and oxygen atoms in total. The predicted octanol–water partition coefficient (Wildman–Crippen LogP) is 1.51. The molecule has 0 aliphatic heterocycles. The second-order valence-electron chi connectivity index (χ2n) is 4.44. The Kier molecular flexibility index (Phi) is 4.74. The summed E-state index contributed by atoms with van der Waals surface area (Å²) in [6, 6.07) is 4.69. The van der Waals surface area contributed by atoms with Crippen LogP contribution in [-0.2, 0) is 10.0 Å². The summed E-state index contributed by atoms with van der Waals surface area (Å²) in [6.45, 7) is 0. The zero-order chi connectivity index (χ0) is 17.9. The average Bonchev–Trinajstić information content (AvgIpc) is 2.55. The fraction of sp³-hybridized carbons (Fsp3) is 0.154. The maximum Gasteiger partial charge on any atom is 0.291 e. The lowest BCUT2D eigenvalue weighted by molar-refractivity contribution is -0.385. The molecule has 0 fully saturated rings. The minimum atomic E-state index is -4.10. The molecule has 2 rings (SSSR count). The molecule has 1 aromatic heterocycles. The van der Waals surface area contributed by atoms with Crippen molar-refractivity contribution in [2.45, 2.75) is 4.90 Å². The number of anilines is 1. The molecule has 128 valence electrons. The molecule has 0 bridgehead atoms. The molecule has 2 aromatic rings. The summed E-state index contributed by atoms with van der Waals surface area (Å²) in [5.41, 5.74) is -0.471. The molecular formula is C13H13N3O7S. The number of nitro groups is 1. The average molecular weight is 355 g/mol. The highest BCUT2D eigenvalue weighted by molar-refractivity contribution is 7.92. The van der Waals surface area contributed by atoms with Crippen LogP contribution in [0.3, 0.4) is 0 Å². The van der Waals surface area contributed by atoms with Crippen molar-refractivity contribution in [3.8, 4) is 17.2 Å². The van der Waals surface area contributed by atoms with Crippen molar-refractivity contribution >= 4 is 21.5 Å². The van der Waals surface area contributed by atoms with Crippen molar-refractivity contribution in [2.24, 2.45) is 0 Å². The smallest absolute Gasteiger partial charge is 0.291 e. The van der Waals surface area contributed by atoms with Crippen LogP contribution >= 0.6 is 0 Å². The van der Waals surface area contributed by atoms with Crippen molar-refractivity contribution < 1.29 is 27.9 Å². The van der Waals surface area contributed by atoms with Gasteiger partial charge in [-0.3, -0.25) is 14.8 Å². The van der Waals surface area contributed by atoms with Crippen molar-refractivity contribution in [3.05, 3.63) is 40.6 Å². The molecule has 24 heavy (non-hydrogen) atoms. The van der Waals surface area contributed by atoms with Crippen molar-refractivity contribution in [1.29, 1.82) is 0 Å². The molecule has 2 N–H and O–H groups in total. The number of aromatic nitrogens is 1. The van der Waals surface area contributed by atoms with Gasteiger partial charge in [0.2, 0.25) is 0 Å². The third-order valence-corrected chi connectivity index (χ3v) is 4.30. The predicted molar refractivity (Wildman–Crippen MR) is 82.9 cm³/mol. The summed E-state index contributed by atoms with van der Waals surface area (Å²) in [5.74, 6) is -0.572. The van der Waals surface area contributed by atoms with Gasteiger partial charge in [0.05, 0.1) is 30.1 Å². The Balaban J connectivity index is 2.37. The number of aromatic hydroxyl groups is 1. The Bertz CT molecular complexity index is 883. The molecule has 0 aliphatic carbocycles. The molecule has 0 saturated heterocycles. The molecular weight excluding hydrogens is 342 g/mol. The van der Waals surface area contributed by atoms with E-state index in [4.69, 9.17) is 9.47 Å². The highest BCUT2D eigenvalue weighted by Gasteiger charge is 2.21. The quantitative estimate of drug-likeness (QED) is 0.587. The largest absolute Gasteiger partial charge is 0.504 e. The number of methoxy groups -OCH3 is 2. The third-order valence-electron chi connectivity index (χ3n) is 2.96. The Labute approximate surface area is 136 Å². The van der Waals surface area contributed by atoms with Crippen molar-refractivity contribution in [1.82, 2.24) is 4.98 Å². The lowest BCUT2D eigenvalue weighted by Gasteiger charge is -2.11. The second kappa shape index (κ2) is 6.58. The fourth-order valence-electron chi connectivity index (χ4n) is 1.79. The maximum atomic E-state index is 12.3. The summed E-state index contributed by atoms with van der Waals surface area (Å²) < 4.78 is 36.8. The number of ether oxygens (including phenoxy) is 2. The molecule has 0 radical (unpaired) electrons. The van der Waals surface area contributed by atoms with Gasteiger partial charge in [0.1, 0.15) is 6.20 Å². The highest BCUT2D eigenvalue weighted by Crippen LogP contribution is 2.31. The van der Waals surface area contributed by atoms with E-state index < -0.39 is 32.2 Å². The van der Waals surface area contributed by atoms with Gasteiger partial charge < -0.3 is 14.6 Å². The first-order chi connectivity index (χ1) is 11.3. The van der Waals surface area contributed by atoms with E-state index in [0.29, 0.717) is 5.75 Å². The van der Waals surface area contributed by atoms with E-state index in [9.17, 15) is 23.6 Å². The summed E-state index contributed by atoms with van der Waals surface area (Å²) in [7, 11) is -1.35. The number of pyridine rings is 1. The van der Waals surface area contributed by atoms with Crippen LogP contribution in [0.25, 0.3) is 0 Å². The summed E-state index contributed by atoms with van der Waals surface area (Å²) in [5, 5.41) is 20.3. The molecule has 0 aliphatic rings. The zero-order valence-corrected chi connectivity index (χ0v) is 13.4. The van der Waals surface area contributed by atoms with E-state index in [1.807, 2.05) is 4.72 Å². The van der Waals surface area contributed by atoms with Gasteiger partial charge in [0, 0.05) is 6.07 Å². The van der Waals surface area contributed by atoms with E-state index in [-0.39, 0.29) is 10.6 Å². The van der Waals surface area contributed by atoms with Crippen LogP contribution in [0.4, 0.5) is 11.5 Å². The van der Waals surface area contributed by atoms with Gasteiger partial charge in [-0.15, -0.1) is 0 Å². The Morgan fingerprint density at radius 1 is 1.21 bits per heavy atom. The molecule has 1 aromatic carbocycles. The zero-order valence-electron chi connectivity index (χ0n) is 12.6. The lowest BCUT2D eigenvalue weighted by Crippen LogP contribution is -2.14. The van der Waals surface area contributed by atoms with Gasteiger partial charge >= 0.3 is 0 Å². The SMILES string of the molecule is COc1ccc(S(=O)(=O)Nc2ncc([N+](=O)[O-])cc2O)cc1OC. The van der Waals surface area contributed by atoms with Gasteiger partial charge in [-0.2, -0.15) is 0 Å². The molecule has 0 spiro atoms. The van der Waals surface area contributed by atoms with Gasteiger partial charge in [0.25, 0.3) is 15.7 Å². The number of sulfonamides is 1. The van der Waals surface area contributed by atoms with E-state index in [2.05, 4.69) is 4.98 Å². The highest BCUT2D eigenvalue weighted by atomic mass is 32.2. The van der Waals surface area contributed by atoms with E-state index in [1.165, 1.54) is 32.4 Å². The lowest BCUT2D eigenvalue weighted by atomic mass is 10.3. The van der Waals surface area contributed by atoms with Crippen LogP contribution in [0.2, 0.25) is 0 Å². The molecule has 11 heteroatoms.